The van der Waals surface area contributed by atoms with Crippen LogP contribution < -0.4 is 5.32 Å². The number of aryl methyl sites for hydroxylation is 1. The minimum absolute atomic E-state index is 0.00648. The molecule has 0 aliphatic carbocycles. The lowest BCUT2D eigenvalue weighted by atomic mass is 9.85. The lowest BCUT2D eigenvalue weighted by Crippen LogP contribution is -2.33. The summed E-state index contributed by atoms with van der Waals surface area (Å²) < 4.78 is 0.976. The standard InChI is InChI=1S/C16H24BrNO/c1-10(2)14(11(3)4)9-18-16(19)13-7-6-12(5)15(17)8-13/h6-8,10-11,14H,9H2,1-5H3,(H,18,19). The summed E-state index contributed by atoms with van der Waals surface area (Å²) in [6.45, 7) is 11.6. The summed E-state index contributed by atoms with van der Waals surface area (Å²) in [4.78, 5) is 12.1. The van der Waals surface area contributed by atoms with Crippen molar-refractivity contribution in [3.8, 4) is 0 Å². The molecule has 2 nitrogen and oxygen atoms in total. The van der Waals surface area contributed by atoms with Crippen molar-refractivity contribution in [3.63, 3.8) is 0 Å². The number of hydrogen-bond donors (Lipinski definition) is 1. The van der Waals surface area contributed by atoms with E-state index < -0.39 is 0 Å². The minimum atomic E-state index is 0.00648. The van der Waals surface area contributed by atoms with Gasteiger partial charge in [0, 0.05) is 16.6 Å². The number of carbonyl (C=O) groups excluding carboxylic acids is 1. The molecule has 0 aliphatic rings. The molecular formula is C16H24BrNO. The molecule has 0 saturated carbocycles. The normalized spacial score (nSPS) is 11.4. The van der Waals surface area contributed by atoms with E-state index in [1.54, 1.807) is 0 Å². The Morgan fingerprint density at radius 1 is 1.21 bits per heavy atom. The quantitative estimate of drug-likeness (QED) is 0.853. The van der Waals surface area contributed by atoms with E-state index in [1.165, 1.54) is 0 Å². The van der Waals surface area contributed by atoms with Crippen LogP contribution in [0.4, 0.5) is 0 Å². The fourth-order valence-electron chi connectivity index (χ4n) is 2.29. The van der Waals surface area contributed by atoms with E-state index in [1.807, 2.05) is 25.1 Å². The number of carbonyl (C=O) groups is 1. The largest absolute Gasteiger partial charge is 0.352 e. The molecule has 1 rings (SSSR count). The third-order valence-electron chi connectivity index (χ3n) is 3.64. The minimum Gasteiger partial charge on any atom is -0.352 e. The lowest BCUT2D eigenvalue weighted by molar-refractivity contribution is 0.0937. The number of nitrogens with one attached hydrogen (secondary N) is 1. The highest BCUT2D eigenvalue weighted by atomic mass is 79.9. The van der Waals surface area contributed by atoms with Crippen molar-refractivity contribution in [1.82, 2.24) is 5.32 Å². The van der Waals surface area contributed by atoms with E-state index in [9.17, 15) is 4.79 Å². The van der Waals surface area contributed by atoms with E-state index in [2.05, 4.69) is 48.9 Å². The Labute approximate surface area is 125 Å². The van der Waals surface area contributed by atoms with Crippen molar-refractivity contribution < 1.29 is 4.79 Å². The zero-order chi connectivity index (χ0) is 14.6. The lowest BCUT2D eigenvalue weighted by Gasteiger charge is -2.25. The summed E-state index contributed by atoms with van der Waals surface area (Å²) in [5.74, 6) is 1.67. The molecule has 0 unspecified atom stereocenters. The highest BCUT2D eigenvalue weighted by Crippen LogP contribution is 2.20. The average molecular weight is 326 g/mol. The van der Waals surface area contributed by atoms with Gasteiger partial charge in [0.05, 0.1) is 0 Å². The van der Waals surface area contributed by atoms with Crippen LogP contribution in [-0.4, -0.2) is 12.5 Å². The van der Waals surface area contributed by atoms with Crippen LogP contribution in [0, 0.1) is 24.7 Å². The summed E-state index contributed by atoms with van der Waals surface area (Å²) in [6, 6.07) is 5.71. The Bertz CT molecular complexity index is 432. The third-order valence-corrected chi connectivity index (χ3v) is 4.50. The van der Waals surface area contributed by atoms with Crippen LogP contribution in [-0.2, 0) is 0 Å². The Morgan fingerprint density at radius 3 is 2.26 bits per heavy atom. The van der Waals surface area contributed by atoms with Crippen LogP contribution in [0.25, 0.3) is 0 Å². The first kappa shape index (κ1) is 16.2. The van der Waals surface area contributed by atoms with Crippen LogP contribution >= 0.6 is 15.9 Å². The number of amides is 1. The van der Waals surface area contributed by atoms with E-state index in [4.69, 9.17) is 0 Å². The number of hydrogen-bond acceptors (Lipinski definition) is 1. The molecule has 106 valence electrons. The second kappa shape index (κ2) is 7.09. The SMILES string of the molecule is Cc1ccc(C(=O)NCC(C(C)C)C(C)C)cc1Br. The van der Waals surface area contributed by atoms with E-state index in [0.717, 1.165) is 16.6 Å². The summed E-state index contributed by atoms with van der Waals surface area (Å²) in [6.07, 6.45) is 0. The zero-order valence-corrected chi connectivity index (χ0v) is 14.0. The van der Waals surface area contributed by atoms with Crippen molar-refractivity contribution in [2.45, 2.75) is 34.6 Å². The maximum atomic E-state index is 12.1. The molecule has 0 spiro atoms. The van der Waals surface area contributed by atoms with Crippen molar-refractivity contribution in [1.29, 1.82) is 0 Å². The van der Waals surface area contributed by atoms with Crippen LogP contribution in [0.15, 0.2) is 22.7 Å². The van der Waals surface area contributed by atoms with Gasteiger partial charge in [-0.05, 0) is 42.4 Å². The average Bonchev–Trinajstić information content (AvgIpc) is 2.31. The molecule has 1 amide bonds. The molecule has 0 fully saturated rings. The molecule has 1 aromatic rings. The summed E-state index contributed by atoms with van der Waals surface area (Å²) in [5, 5.41) is 3.05. The molecule has 0 bridgehead atoms. The van der Waals surface area contributed by atoms with Crippen molar-refractivity contribution in [2.24, 2.45) is 17.8 Å². The van der Waals surface area contributed by atoms with Crippen molar-refractivity contribution in [3.05, 3.63) is 33.8 Å². The predicted molar refractivity (Wildman–Crippen MR) is 84.4 cm³/mol. The maximum absolute atomic E-state index is 12.1. The van der Waals surface area contributed by atoms with Gasteiger partial charge in [-0.3, -0.25) is 4.79 Å². The van der Waals surface area contributed by atoms with Gasteiger partial charge in [-0.15, -0.1) is 0 Å². The molecule has 1 aromatic carbocycles. The Hall–Kier alpha value is -0.830. The molecule has 0 heterocycles. The van der Waals surface area contributed by atoms with Crippen LogP contribution in [0.2, 0.25) is 0 Å². The second-order valence-electron chi connectivity index (χ2n) is 5.83. The Balaban J connectivity index is 2.66. The molecular weight excluding hydrogens is 302 g/mol. The topological polar surface area (TPSA) is 29.1 Å². The smallest absolute Gasteiger partial charge is 0.251 e. The molecule has 0 aliphatic heterocycles. The van der Waals surface area contributed by atoms with Gasteiger partial charge in [0.1, 0.15) is 0 Å². The Morgan fingerprint density at radius 2 is 1.79 bits per heavy atom. The van der Waals surface area contributed by atoms with Gasteiger partial charge in [-0.2, -0.15) is 0 Å². The fraction of sp³-hybridized carbons (Fsp3) is 0.562. The van der Waals surface area contributed by atoms with Gasteiger partial charge < -0.3 is 5.32 Å². The molecule has 1 N–H and O–H groups in total. The van der Waals surface area contributed by atoms with Gasteiger partial charge in [0.15, 0.2) is 0 Å². The van der Waals surface area contributed by atoms with Crippen molar-refractivity contribution >= 4 is 21.8 Å². The van der Waals surface area contributed by atoms with E-state index in [-0.39, 0.29) is 5.91 Å². The third kappa shape index (κ3) is 4.64. The molecule has 3 heteroatoms. The van der Waals surface area contributed by atoms with Crippen LogP contribution in [0.1, 0.15) is 43.6 Å². The number of halogens is 1. The maximum Gasteiger partial charge on any atom is 0.251 e. The van der Waals surface area contributed by atoms with Crippen LogP contribution in [0.3, 0.4) is 0 Å². The fourth-order valence-corrected chi connectivity index (χ4v) is 2.67. The van der Waals surface area contributed by atoms with Crippen molar-refractivity contribution in [2.75, 3.05) is 6.54 Å². The zero-order valence-electron chi connectivity index (χ0n) is 12.5. The summed E-state index contributed by atoms with van der Waals surface area (Å²) in [5.41, 5.74) is 1.85. The van der Waals surface area contributed by atoms with Gasteiger partial charge in [-0.25, -0.2) is 0 Å². The Kier molecular flexibility index (Phi) is 6.05. The molecule has 0 saturated heterocycles. The molecule has 0 radical (unpaired) electrons. The highest BCUT2D eigenvalue weighted by molar-refractivity contribution is 9.10. The molecule has 0 aromatic heterocycles. The summed E-state index contributed by atoms with van der Waals surface area (Å²) in [7, 11) is 0. The summed E-state index contributed by atoms with van der Waals surface area (Å²) >= 11 is 3.46. The first-order chi connectivity index (χ1) is 8.82. The van der Waals surface area contributed by atoms with Gasteiger partial charge in [-0.1, -0.05) is 49.7 Å². The van der Waals surface area contributed by atoms with E-state index in [0.29, 0.717) is 23.3 Å². The predicted octanol–water partition coefficient (Wildman–Crippen LogP) is 4.42. The number of rotatable bonds is 5. The van der Waals surface area contributed by atoms with Gasteiger partial charge in [0.2, 0.25) is 0 Å². The highest BCUT2D eigenvalue weighted by Gasteiger charge is 2.18. The van der Waals surface area contributed by atoms with Gasteiger partial charge in [0.25, 0.3) is 5.91 Å². The number of benzene rings is 1. The first-order valence-electron chi connectivity index (χ1n) is 6.87. The monoisotopic (exact) mass is 325 g/mol. The second-order valence-corrected chi connectivity index (χ2v) is 6.68. The van der Waals surface area contributed by atoms with Crippen LogP contribution in [0.5, 0.6) is 0 Å². The molecule has 19 heavy (non-hydrogen) atoms. The molecule has 0 atom stereocenters. The van der Waals surface area contributed by atoms with E-state index >= 15 is 0 Å². The van der Waals surface area contributed by atoms with Gasteiger partial charge >= 0.3 is 0 Å². The first-order valence-corrected chi connectivity index (χ1v) is 7.66.